The van der Waals surface area contributed by atoms with E-state index in [1.165, 1.54) is 37.0 Å². The molecule has 0 spiro atoms. The van der Waals surface area contributed by atoms with Gasteiger partial charge >= 0.3 is 0 Å². The van der Waals surface area contributed by atoms with E-state index in [9.17, 15) is 9.59 Å². The molecule has 5 heteroatoms. The van der Waals surface area contributed by atoms with Crippen molar-refractivity contribution in [3.8, 4) is 0 Å². The van der Waals surface area contributed by atoms with Crippen molar-refractivity contribution in [1.82, 2.24) is 5.32 Å². The SMILES string of the molecule is Cc1cc(SC2CCCCC2)ccc1NC(=O)[C@@H]1CCC(=O)N1. The highest BCUT2D eigenvalue weighted by molar-refractivity contribution is 8.00. The minimum absolute atomic E-state index is 0.0406. The maximum absolute atomic E-state index is 12.2. The Morgan fingerprint density at radius 1 is 1.22 bits per heavy atom. The largest absolute Gasteiger partial charge is 0.344 e. The van der Waals surface area contributed by atoms with Crippen molar-refractivity contribution < 1.29 is 9.59 Å². The minimum Gasteiger partial charge on any atom is -0.344 e. The molecule has 2 aliphatic rings. The maximum Gasteiger partial charge on any atom is 0.246 e. The summed E-state index contributed by atoms with van der Waals surface area (Å²) in [4.78, 5) is 24.7. The number of aryl methyl sites for hydroxylation is 1. The average Bonchev–Trinajstić information content (AvgIpc) is 2.98. The maximum atomic E-state index is 12.2. The van der Waals surface area contributed by atoms with Gasteiger partial charge in [-0.05, 0) is 49.9 Å². The fraction of sp³-hybridized carbons (Fsp3) is 0.556. The van der Waals surface area contributed by atoms with Crippen molar-refractivity contribution >= 4 is 29.3 Å². The summed E-state index contributed by atoms with van der Waals surface area (Å²) in [5.41, 5.74) is 1.91. The van der Waals surface area contributed by atoms with Crippen LogP contribution in [0.1, 0.15) is 50.5 Å². The highest BCUT2D eigenvalue weighted by Crippen LogP contribution is 2.34. The first kappa shape index (κ1) is 16.4. The molecular formula is C18H24N2O2S. The quantitative estimate of drug-likeness (QED) is 0.885. The van der Waals surface area contributed by atoms with E-state index in [2.05, 4.69) is 22.8 Å². The van der Waals surface area contributed by atoms with Gasteiger partial charge < -0.3 is 10.6 Å². The third-order valence-electron chi connectivity index (χ3n) is 4.62. The van der Waals surface area contributed by atoms with Crippen LogP contribution in [0.4, 0.5) is 5.69 Å². The molecule has 1 aromatic carbocycles. The van der Waals surface area contributed by atoms with Crippen LogP contribution in [-0.2, 0) is 9.59 Å². The van der Waals surface area contributed by atoms with Crippen molar-refractivity contribution in [2.75, 3.05) is 5.32 Å². The normalized spacial score (nSPS) is 22.0. The first-order valence-corrected chi connectivity index (χ1v) is 9.37. The second-order valence-electron chi connectivity index (χ2n) is 6.50. The summed E-state index contributed by atoms with van der Waals surface area (Å²) in [7, 11) is 0. The van der Waals surface area contributed by atoms with Gasteiger partial charge in [0.05, 0.1) is 0 Å². The Kier molecular flexibility index (Phi) is 5.26. The number of amides is 2. The molecule has 1 aliphatic heterocycles. The van der Waals surface area contributed by atoms with Crippen molar-refractivity contribution in [3.05, 3.63) is 23.8 Å². The van der Waals surface area contributed by atoms with Crippen LogP contribution in [-0.4, -0.2) is 23.1 Å². The number of benzene rings is 1. The average molecular weight is 332 g/mol. The summed E-state index contributed by atoms with van der Waals surface area (Å²) in [6.07, 6.45) is 7.70. The molecule has 1 aliphatic carbocycles. The molecule has 0 unspecified atom stereocenters. The third-order valence-corrected chi connectivity index (χ3v) is 5.95. The van der Waals surface area contributed by atoms with Gasteiger partial charge in [-0.3, -0.25) is 9.59 Å². The Labute approximate surface area is 141 Å². The lowest BCUT2D eigenvalue weighted by molar-refractivity contribution is -0.122. The van der Waals surface area contributed by atoms with Crippen LogP contribution in [0.3, 0.4) is 0 Å². The molecule has 0 radical (unpaired) electrons. The summed E-state index contributed by atoms with van der Waals surface area (Å²) in [5, 5.41) is 6.38. The highest BCUT2D eigenvalue weighted by atomic mass is 32.2. The zero-order valence-corrected chi connectivity index (χ0v) is 14.4. The molecule has 2 fully saturated rings. The molecule has 0 bridgehead atoms. The predicted octanol–water partition coefficient (Wildman–Crippen LogP) is 3.64. The van der Waals surface area contributed by atoms with Gasteiger partial charge in [0, 0.05) is 22.3 Å². The van der Waals surface area contributed by atoms with E-state index in [0.29, 0.717) is 12.8 Å². The van der Waals surface area contributed by atoms with Gasteiger partial charge in [0.25, 0.3) is 0 Å². The summed E-state index contributed by atoms with van der Waals surface area (Å²) in [6, 6.07) is 5.84. The lowest BCUT2D eigenvalue weighted by Gasteiger charge is -2.21. The van der Waals surface area contributed by atoms with Gasteiger partial charge in [-0.15, -0.1) is 11.8 Å². The van der Waals surface area contributed by atoms with Crippen LogP contribution in [0.2, 0.25) is 0 Å². The summed E-state index contributed by atoms with van der Waals surface area (Å²) < 4.78 is 0. The smallest absolute Gasteiger partial charge is 0.246 e. The van der Waals surface area contributed by atoms with E-state index >= 15 is 0 Å². The lowest BCUT2D eigenvalue weighted by Crippen LogP contribution is -2.37. The van der Waals surface area contributed by atoms with Crippen molar-refractivity contribution in [2.24, 2.45) is 0 Å². The monoisotopic (exact) mass is 332 g/mol. The van der Waals surface area contributed by atoms with Gasteiger partial charge in [-0.1, -0.05) is 19.3 Å². The fourth-order valence-electron chi connectivity index (χ4n) is 3.26. The molecule has 124 valence electrons. The molecule has 1 aromatic rings. The van der Waals surface area contributed by atoms with Crippen molar-refractivity contribution in [1.29, 1.82) is 0 Å². The van der Waals surface area contributed by atoms with Crippen molar-refractivity contribution in [3.63, 3.8) is 0 Å². The predicted molar refractivity (Wildman–Crippen MR) is 93.7 cm³/mol. The molecule has 1 heterocycles. The minimum atomic E-state index is -0.391. The van der Waals surface area contributed by atoms with Crippen molar-refractivity contribution in [2.45, 2.75) is 68.1 Å². The number of nitrogens with one attached hydrogen (secondary N) is 2. The van der Waals surface area contributed by atoms with Crippen LogP contribution >= 0.6 is 11.8 Å². The molecule has 4 nitrogen and oxygen atoms in total. The number of anilines is 1. The molecule has 1 saturated carbocycles. The highest BCUT2D eigenvalue weighted by Gasteiger charge is 2.27. The van der Waals surface area contributed by atoms with Crippen LogP contribution in [0.5, 0.6) is 0 Å². The number of carbonyl (C=O) groups excluding carboxylic acids is 2. The molecule has 23 heavy (non-hydrogen) atoms. The Morgan fingerprint density at radius 3 is 2.65 bits per heavy atom. The van der Waals surface area contributed by atoms with Crippen LogP contribution < -0.4 is 10.6 Å². The fourth-order valence-corrected chi connectivity index (χ4v) is 4.60. The number of rotatable bonds is 4. The first-order valence-electron chi connectivity index (χ1n) is 8.49. The molecule has 0 aromatic heterocycles. The Hall–Kier alpha value is -1.49. The van der Waals surface area contributed by atoms with E-state index in [1.54, 1.807) is 0 Å². The Balaban J connectivity index is 1.60. The van der Waals surface area contributed by atoms with Crippen LogP contribution in [0.25, 0.3) is 0 Å². The molecular weight excluding hydrogens is 308 g/mol. The van der Waals surface area contributed by atoms with Crippen LogP contribution in [0, 0.1) is 6.92 Å². The first-order chi connectivity index (χ1) is 11.1. The van der Waals surface area contributed by atoms with Crippen LogP contribution in [0.15, 0.2) is 23.1 Å². The molecule has 1 atom stereocenters. The number of hydrogen-bond acceptors (Lipinski definition) is 3. The Morgan fingerprint density at radius 2 is 2.00 bits per heavy atom. The second kappa shape index (κ2) is 7.39. The second-order valence-corrected chi connectivity index (χ2v) is 7.88. The van der Waals surface area contributed by atoms with Gasteiger partial charge in [0.15, 0.2) is 0 Å². The summed E-state index contributed by atoms with van der Waals surface area (Å²) >= 11 is 1.96. The van der Waals surface area contributed by atoms with Gasteiger partial charge in [-0.2, -0.15) is 0 Å². The van der Waals surface area contributed by atoms with Gasteiger partial charge in [-0.25, -0.2) is 0 Å². The Bertz CT molecular complexity index is 597. The van der Waals surface area contributed by atoms with E-state index in [1.807, 2.05) is 24.8 Å². The summed E-state index contributed by atoms with van der Waals surface area (Å²) in [6.45, 7) is 2.02. The van der Waals surface area contributed by atoms with Gasteiger partial charge in [0.2, 0.25) is 11.8 Å². The standard InChI is InChI=1S/C18H24N2O2S/c1-12-11-14(23-13-5-3-2-4-6-13)7-8-15(12)20-18(22)16-9-10-17(21)19-16/h7-8,11,13,16H,2-6,9-10H2,1H3,(H,19,21)(H,20,22)/t16-/m0/s1. The topological polar surface area (TPSA) is 58.2 Å². The van der Waals surface area contributed by atoms with E-state index < -0.39 is 6.04 Å². The summed E-state index contributed by atoms with van der Waals surface area (Å²) in [5.74, 6) is -0.160. The molecule has 2 N–H and O–H groups in total. The van der Waals surface area contributed by atoms with Gasteiger partial charge in [0.1, 0.15) is 6.04 Å². The van der Waals surface area contributed by atoms with E-state index in [-0.39, 0.29) is 11.8 Å². The number of carbonyl (C=O) groups is 2. The van der Waals surface area contributed by atoms with E-state index in [4.69, 9.17) is 0 Å². The third kappa shape index (κ3) is 4.28. The zero-order chi connectivity index (χ0) is 16.2. The lowest BCUT2D eigenvalue weighted by atomic mass is 10.0. The molecule has 1 saturated heterocycles. The molecule has 3 rings (SSSR count). The zero-order valence-electron chi connectivity index (χ0n) is 13.6. The molecule has 2 amide bonds. The number of hydrogen-bond donors (Lipinski definition) is 2. The van der Waals surface area contributed by atoms with E-state index in [0.717, 1.165) is 16.5 Å². The number of thioether (sulfide) groups is 1.